The molecule has 3 aromatic rings. The molecule has 106 valence electrons. The van der Waals surface area contributed by atoms with Crippen LogP contribution < -0.4 is 0 Å². The molecule has 0 atom stereocenters. The van der Waals surface area contributed by atoms with Gasteiger partial charge in [0.2, 0.25) is 0 Å². The highest BCUT2D eigenvalue weighted by Gasteiger charge is 2.12. The molecule has 0 bridgehead atoms. The van der Waals surface area contributed by atoms with Crippen molar-refractivity contribution in [3.63, 3.8) is 0 Å². The molecule has 0 fully saturated rings. The van der Waals surface area contributed by atoms with Gasteiger partial charge in [0.1, 0.15) is 17.5 Å². The van der Waals surface area contributed by atoms with E-state index in [9.17, 15) is 8.78 Å². The second-order valence-electron chi connectivity index (χ2n) is 4.59. The first-order valence-corrected chi connectivity index (χ1v) is 7.43. The summed E-state index contributed by atoms with van der Waals surface area (Å²) in [5.41, 5.74) is 0.964. The molecule has 21 heavy (non-hydrogen) atoms. The van der Waals surface area contributed by atoms with Crippen molar-refractivity contribution in [2.75, 3.05) is 0 Å². The van der Waals surface area contributed by atoms with Crippen molar-refractivity contribution >= 4 is 22.6 Å². The van der Waals surface area contributed by atoms with Gasteiger partial charge in [-0.2, -0.15) is 0 Å². The number of rotatable bonds is 3. The Hall–Kier alpha value is -1.76. The minimum atomic E-state index is -0.544. The molecule has 0 unspecified atom stereocenters. The van der Waals surface area contributed by atoms with Gasteiger partial charge in [0.05, 0.1) is 6.54 Å². The van der Waals surface area contributed by atoms with Gasteiger partial charge in [0, 0.05) is 27.1 Å². The summed E-state index contributed by atoms with van der Waals surface area (Å²) in [6.45, 7) is 0.110. The number of benzene rings is 2. The van der Waals surface area contributed by atoms with Crippen LogP contribution >= 0.6 is 22.6 Å². The fraction of sp³-hybridized carbons (Fsp3) is 0.0625. The quantitative estimate of drug-likeness (QED) is 0.597. The molecule has 2 aromatic carbocycles. The maximum absolute atomic E-state index is 13.8. The molecule has 0 aliphatic heterocycles. The Morgan fingerprint density at radius 1 is 1.05 bits per heavy atom. The summed E-state index contributed by atoms with van der Waals surface area (Å²) in [6, 6.07) is 11.7. The monoisotopic (exact) mass is 396 g/mol. The summed E-state index contributed by atoms with van der Waals surface area (Å²) in [6.07, 6.45) is 3.36. The van der Waals surface area contributed by atoms with Crippen molar-refractivity contribution < 1.29 is 8.78 Å². The summed E-state index contributed by atoms with van der Waals surface area (Å²) in [5.74, 6) is -0.397. The number of nitrogens with zero attached hydrogens (tertiary/aromatic N) is 2. The predicted octanol–water partition coefficient (Wildman–Crippen LogP) is 4.48. The topological polar surface area (TPSA) is 17.8 Å². The molecular formula is C16H11F2IN2. The SMILES string of the molecule is Fc1cccc(F)c1Cn1ccnc1-c1cccc(I)c1. The Balaban J connectivity index is 2.00. The minimum Gasteiger partial charge on any atom is -0.326 e. The Bertz CT molecular complexity index is 763. The highest BCUT2D eigenvalue weighted by atomic mass is 127. The highest BCUT2D eigenvalue weighted by Crippen LogP contribution is 2.22. The third-order valence-electron chi connectivity index (χ3n) is 3.19. The van der Waals surface area contributed by atoms with Crippen molar-refractivity contribution in [1.29, 1.82) is 0 Å². The van der Waals surface area contributed by atoms with Crippen LogP contribution in [0.5, 0.6) is 0 Å². The van der Waals surface area contributed by atoms with Crippen LogP contribution in [0.2, 0.25) is 0 Å². The summed E-state index contributed by atoms with van der Waals surface area (Å²) in [5, 5.41) is 0. The third kappa shape index (κ3) is 2.97. The number of halogens is 3. The van der Waals surface area contributed by atoms with Gasteiger partial charge in [-0.15, -0.1) is 0 Å². The molecule has 0 saturated carbocycles. The zero-order valence-corrected chi connectivity index (χ0v) is 13.1. The zero-order valence-electron chi connectivity index (χ0n) is 10.9. The van der Waals surface area contributed by atoms with E-state index in [2.05, 4.69) is 27.6 Å². The van der Waals surface area contributed by atoms with Crippen LogP contribution in [-0.4, -0.2) is 9.55 Å². The first-order valence-electron chi connectivity index (χ1n) is 6.35. The van der Waals surface area contributed by atoms with E-state index >= 15 is 0 Å². The molecule has 1 heterocycles. The molecule has 0 aliphatic carbocycles. The molecule has 0 amide bonds. The average Bonchev–Trinajstić information content (AvgIpc) is 2.91. The van der Waals surface area contributed by atoms with Crippen molar-refractivity contribution in [1.82, 2.24) is 9.55 Å². The molecule has 0 radical (unpaired) electrons. The van der Waals surface area contributed by atoms with Gasteiger partial charge < -0.3 is 4.57 Å². The summed E-state index contributed by atoms with van der Waals surface area (Å²) in [7, 11) is 0. The Morgan fingerprint density at radius 2 is 1.76 bits per heavy atom. The molecule has 1 aromatic heterocycles. The van der Waals surface area contributed by atoms with E-state index in [1.54, 1.807) is 17.0 Å². The zero-order chi connectivity index (χ0) is 14.8. The lowest BCUT2D eigenvalue weighted by atomic mass is 10.1. The largest absolute Gasteiger partial charge is 0.326 e. The highest BCUT2D eigenvalue weighted by molar-refractivity contribution is 14.1. The first kappa shape index (κ1) is 14.2. The van der Waals surface area contributed by atoms with E-state index in [1.807, 2.05) is 24.3 Å². The number of hydrogen-bond donors (Lipinski definition) is 0. The third-order valence-corrected chi connectivity index (χ3v) is 3.86. The van der Waals surface area contributed by atoms with Crippen molar-refractivity contribution in [2.24, 2.45) is 0 Å². The number of imidazole rings is 1. The van der Waals surface area contributed by atoms with Crippen molar-refractivity contribution in [2.45, 2.75) is 6.54 Å². The summed E-state index contributed by atoms with van der Waals surface area (Å²) >= 11 is 2.22. The predicted molar refractivity (Wildman–Crippen MR) is 85.8 cm³/mol. The van der Waals surface area contributed by atoms with Crippen LogP contribution in [0.15, 0.2) is 54.9 Å². The van der Waals surface area contributed by atoms with E-state index in [1.165, 1.54) is 18.2 Å². The average molecular weight is 396 g/mol. The fourth-order valence-electron chi connectivity index (χ4n) is 2.18. The van der Waals surface area contributed by atoms with E-state index in [0.717, 1.165) is 9.13 Å². The lowest BCUT2D eigenvalue weighted by Gasteiger charge is -2.10. The summed E-state index contributed by atoms with van der Waals surface area (Å²) in [4.78, 5) is 4.30. The molecule has 0 spiro atoms. The minimum absolute atomic E-state index is 0.0439. The molecule has 3 rings (SSSR count). The van der Waals surface area contributed by atoms with Crippen molar-refractivity contribution in [3.8, 4) is 11.4 Å². The van der Waals surface area contributed by atoms with Crippen LogP contribution in [0.25, 0.3) is 11.4 Å². The molecule has 0 aliphatic rings. The Morgan fingerprint density at radius 3 is 2.48 bits per heavy atom. The first-order chi connectivity index (χ1) is 10.1. The maximum Gasteiger partial charge on any atom is 0.140 e. The van der Waals surface area contributed by atoms with Gasteiger partial charge in [-0.25, -0.2) is 13.8 Å². The van der Waals surface area contributed by atoms with Gasteiger partial charge in [-0.1, -0.05) is 18.2 Å². The second kappa shape index (κ2) is 5.93. The molecular weight excluding hydrogens is 385 g/mol. The smallest absolute Gasteiger partial charge is 0.140 e. The Kier molecular flexibility index (Phi) is 4.01. The molecule has 2 nitrogen and oxygen atoms in total. The van der Waals surface area contributed by atoms with Gasteiger partial charge in [0.15, 0.2) is 0 Å². The Labute approximate surface area is 134 Å². The molecule has 0 saturated heterocycles. The second-order valence-corrected chi connectivity index (χ2v) is 5.83. The molecule has 0 N–H and O–H groups in total. The van der Waals surface area contributed by atoms with Gasteiger partial charge in [-0.05, 0) is 46.9 Å². The van der Waals surface area contributed by atoms with Crippen molar-refractivity contribution in [3.05, 3.63) is 75.6 Å². The van der Waals surface area contributed by atoms with Gasteiger partial charge in [-0.3, -0.25) is 0 Å². The van der Waals surface area contributed by atoms with Gasteiger partial charge in [0.25, 0.3) is 0 Å². The number of hydrogen-bond acceptors (Lipinski definition) is 1. The normalized spacial score (nSPS) is 10.8. The standard InChI is InChI=1S/C16H11F2IN2/c17-14-5-2-6-15(18)13(14)10-21-8-7-20-16(21)11-3-1-4-12(19)9-11/h1-9H,10H2. The van der Waals surface area contributed by atoms with E-state index in [-0.39, 0.29) is 12.1 Å². The summed E-state index contributed by atoms with van der Waals surface area (Å²) < 4.78 is 30.4. The van der Waals surface area contributed by atoms with Crippen LogP contribution in [0.3, 0.4) is 0 Å². The maximum atomic E-state index is 13.8. The van der Waals surface area contributed by atoms with Crippen LogP contribution in [0.1, 0.15) is 5.56 Å². The lowest BCUT2D eigenvalue weighted by Crippen LogP contribution is -2.05. The van der Waals surface area contributed by atoms with E-state index in [0.29, 0.717) is 5.82 Å². The van der Waals surface area contributed by atoms with E-state index < -0.39 is 11.6 Å². The van der Waals surface area contributed by atoms with E-state index in [4.69, 9.17) is 0 Å². The van der Waals surface area contributed by atoms with Crippen LogP contribution in [0.4, 0.5) is 8.78 Å². The van der Waals surface area contributed by atoms with Crippen LogP contribution in [0, 0.1) is 15.2 Å². The number of aromatic nitrogens is 2. The van der Waals surface area contributed by atoms with Crippen LogP contribution in [-0.2, 0) is 6.54 Å². The van der Waals surface area contributed by atoms with Gasteiger partial charge >= 0.3 is 0 Å². The lowest BCUT2D eigenvalue weighted by molar-refractivity contribution is 0.545. The fourth-order valence-corrected chi connectivity index (χ4v) is 2.72. The molecule has 5 heteroatoms.